The summed E-state index contributed by atoms with van der Waals surface area (Å²) in [5.74, 6) is 0.621. The number of hydrogen-bond donors (Lipinski definition) is 1. The van der Waals surface area contributed by atoms with Crippen LogP contribution in [0.5, 0.6) is 0 Å². The molecule has 5 rings (SSSR count). The van der Waals surface area contributed by atoms with Crippen LogP contribution in [0.3, 0.4) is 0 Å². The molecule has 4 heterocycles. The summed E-state index contributed by atoms with van der Waals surface area (Å²) in [6.07, 6.45) is 13.2. The van der Waals surface area contributed by atoms with E-state index >= 15 is 0 Å². The average molecular weight is 402 g/mol. The third kappa shape index (κ3) is 3.69. The number of hydrogen-bond acceptors (Lipinski definition) is 4. The molecular formula is C21H28ClN5O. The van der Waals surface area contributed by atoms with Crippen LogP contribution < -0.4 is 0 Å². The van der Waals surface area contributed by atoms with Crippen molar-refractivity contribution in [1.29, 1.82) is 0 Å². The van der Waals surface area contributed by atoms with Crippen LogP contribution in [0.15, 0.2) is 30.9 Å². The molecule has 6 nitrogen and oxygen atoms in total. The Kier molecular flexibility index (Phi) is 5.71. The Morgan fingerprint density at radius 2 is 1.89 bits per heavy atom. The van der Waals surface area contributed by atoms with Gasteiger partial charge in [-0.15, -0.1) is 12.4 Å². The van der Waals surface area contributed by atoms with E-state index in [-0.39, 0.29) is 12.4 Å². The summed E-state index contributed by atoms with van der Waals surface area (Å²) >= 11 is 0. The maximum Gasteiger partial charge on any atom is 0.137 e. The van der Waals surface area contributed by atoms with Crippen LogP contribution in [0, 0.1) is 0 Å². The van der Waals surface area contributed by atoms with Crippen LogP contribution in [-0.4, -0.2) is 57.0 Å². The monoisotopic (exact) mass is 401 g/mol. The number of fused-ring (bicyclic) bond motifs is 1. The zero-order valence-corrected chi connectivity index (χ0v) is 17.1. The third-order valence-corrected chi connectivity index (χ3v) is 6.30. The molecule has 0 bridgehead atoms. The number of rotatable bonds is 3. The Labute approximate surface area is 171 Å². The lowest BCUT2D eigenvalue weighted by Crippen LogP contribution is -2.44. The summed E-state index contributed by atoms with van der Waals surface area (Å²) in [6.45, 7) is 3.98. The van der Waals surface area contributed by atoms with Gasteiger partial charge in [-0.1, -0.05) is 0 Å². The van der Waals surface area contributed by atoms with Gasteiger partial charge in [0, 0.05) is 61.3 Å². The summed E-state index contributed by atoms with van der Waals surface area (Å²) in [4.78, 5) is 10.7. The van der Waals surface area contributed by atoms with Crippen molar-refractivity contribution in [3.63, 3.8) is 0 Å². The minimum atomic E-state index is 0. The second-order valence-electron chi connectivity index (χ2n) is 7.92. The number of nitrogens with zero attached hydrogens (tertiary/aromatic N) is 4. The number of morpholine rings is 1. The largest absolute Gasteiger partial charge is 0.379 e. The van der Waals surface area contributed by atoms with E-state index in [9.17, 15) is 0 Å². The van der Waals surface area contributed by atoms with Crippen LogP contribution in [-0.2, 0) is 11.8 Å². The predicted octanol–water partition coefficient (Wildman–Crippen LogP) is 3.74. The van der Waals surface area contributed by atoms with Gasteiger partial charge in [0.05, 0.1) is 19.4 Å². The van der Waals surface area contributed by atoms with Crippen molar-refractivity contribution in [3.05, 3.63) is 36.4 Å². The van der Waals surface area contributed by atoms with Crippen LogP contribution in [0.4, 0.5) is 0 Å². The minimum absolute atomic E-state index is 0. The molecule has 2 aliphatic rings. The van der Waals surface area contributed by atoms with Crippen LogP contribution in [0.2, 0.25) is 0 Å². The first-order chi connectivity index (χ1) is 13.3. The van der Waals surface area contributed by atoms with E-state index in [1.165, 1.54) is 42.2 Å². The molecule has 150 valence electrons. The van der Waals surface area contributed by atoms with Crippen molar-refractivity contribution in [2.75, 3.05) is 26.3 Å². The van der Waals surface area contributed by atoms with Gasteiger partial charge in [0.25, 0.3) is 0 Å². The lowest BCUT2D eigenvalue weighted by molar-refractivity contribution is 0.00729. The first-order valence-electron chi connectivity index (χ1n) is 10.1. The molecule has 28 heavy (non-hydrogen) atoms. The average Bonchev–Trinajstić information content (AvgIpc) is 3.34. The molecule has 1 aliphatic heterocycles. The fourth-order valence-electron chi connectivity index (χ4n) is 4.76. The maximum atomic E-state index is 5.50. The van der Waals surface area contributed by atoms with E-state index in [1.807, 2.05) is 24.1 Å². The van der Waals surface area contributed by atoms with Gasteiger partial charge in [0.2, 0.25) is 0 Å². The first-order valence-corrected chi connectivity index (χ1v) is 10.1. The van der Waals surface area contributed by atoms with Crippen molar-refractivity contribution in [2.45, 2.75) is 37.6 Å². The lowest BCUT2D eigenvalue weighted by atomic mass is 9.81. The molecule has 0 amide bonds. The second kappa shape index (κ2) is 8.23. The number of aryl methyl sites for hydroxylation is 1. The molecular weight excluding hydrogens is 374 g/mol. The van der Waals surface area contributed by atoms with Gasteiger partial charge in [-0.05, 0) is 43.2 Å². The van der Waals surface area contributed by atoms with Gasteiger partial charge in [-0.3, -0.25) is 9.58 Å². The molecule has 1 saturated carbocycles. The molecule has 0 spiro atoms. The summed E-state index contributed by atoms with van der Waals surface area (Å²) in [7, 11) is 1.95. The van der Waals surface area contributed by atoms with Crippen molar-refractivity contribution in [1.82, 2.24) is 24.6 Å². The van der Waals surface area contributed by atoms with Crippen molar-refractivity contribution in [2.24, 2.45) is 7.05 Å². The van der Waals surface area contributed by atoms with Crippen LogP contribution >= 0.6 is 12.4 Å². The van der Waals surface area contributed by atoms with E-state index < -0.39 is 0 Å². The summed E-state index contributed by atoms with van der Waals surface area (Å²) in [5.41, 5.74) is 4.67. The smallest absolute Gasteiger partial charge is 0.137 e. The molecule has 7 heteroatoms. The van der Waals surface area contributed by atoms with Gasteiger partial charge in [0.1, 0.15) is 5.65 Å². The third-order valence-electron chi connectivity index (χ3n) is 6.30. The van der Waals surface area contributed by atoms with Crippen molar-refractivity contribution in [3.8, 4) is 11.1 Å². The number of ether oxygens (including phenoxy) is 1. The molecule has 3 aromatic rings. The molecule has 0 atom stereocenters. The van der Waals surface area contributed by atoms with Gasteiger partial charge in [-0.2, -0.15) is 5.10 Å². The van der Waals surface area contributed by atoms with E-state index in [0.717, 1.165) is 43.6 Å². The van der Waals surface area contributed by atoms with Gasteiger partial charge in [-0.25, -0.2) is 4.98 Å². The Morgan fingerprint density at radius 1 is 1.11 bits per heavy atom. The SMILES string of the molecule is Cl.Cn1cc(-c2c[nH]c3ncc(C4CCC(N5CCOCC5)CC4)cc23)cn1. The first kappa shape index (κ1) is 19.4. The summed E-state index contributed by atoms with van der Waals surface area (Å²) < 4.78 is 7.35. The molecule has 3 aromatic heterocycles. The van der Waals surface area contributed by atoms with E-state index in [4.69, 9.17) is 9.72 Å². The number of aromatic amines is 1. The Bertz CT molecular complexity index is 922. The molecule has 1 saturated heterocycles. The normalized spacial score (nSPS) is 23.6. The van der Waals surface area contributed by atoms with Crippen molar-refractivity contribution < 1.29 is 4.74 Å². The Morgan fingerprint density at radius 3 is 2.61 bits per heavy atom. The molecule has 0 radical (unpaired) electrons. The number of halogens is 1. The standard InChI is InChI=1S/C21H27N5O.ClH/c1-25-14-17(12-24-25)20-13-23-21-19(20)10-16(11-22-21)15-2-4-18(5-3-15)26-6-8-27-9-7-26;/h10-15,18H,2-9H2,1H3,(H,22,23);1H. The van der Waals surface area contributed by atoms with Gasteiger partial charge in [0.15, 0.2) is 0 Å². The Hall–Kier alpha value is -1.89. The molecule has 2 fully saturated rings. The fourth-order valence-corrected chi connectivity index (χ4v) is 4.76. The fraction of sp³-hybridized carbons (Fsp3) is 0.524. The number of nitrogens with one attached hydrogen (secondary N) is 1. The highest BCUT2D eigenvalue weighted by molar-refractivity contribution is 5.93. The Balaban J connectivity index is 0.00000192. The molecule has 0 aromatic carbocycles. The number of H-pyrrole nitrogens is 1. The quantitative estimate of drug-likeness (QED) is 0.726. The predicted molar refractivity (Wildman–Crippen MR) is 113 cm³/mol. The molecule has 0 unspecified atom stereocenters. The second-order valence-corrected chi connectivity index (χ2v) is 7.92. The highest BCUT2D eigenvalue weighted by Crippen LogP contribution is 2.37. The zero-order valence-electron chi connectivity index (χ0n) is 16.3. The zero-order chi connectivity index (χ0) is 18.2. The van der Waals surface area contributed by atoms with Gasteiger partial charge >= 0.3 is 0 Å². The number of aromatic nitrogens is 4. The van der Waals surface area contributed by atoms with Gasteiger partial charge < -0.3 is 9.72 Å². The van der Waals surface area contributed by atoms with Crippen molar-refractivity contribution >= 4 is 23.4 Å². The summed E-state index contributed by atoms with van der Waals surface area (Å²) in [6, 6.07) is 3.08. The van der Waals surface area contributed by atoms with Crippen LogP contribution in [0.1, 0.15) is 37.2 Å². The highest BCUT2D eigenvalue weighted by atomic mass is 35.5. The topological polar surface area (TPSA) is 59.0 Å². The highest BCUT2D eigenvalue weighted by Gasteiger charge is 2.28. The lowest BCUT2D eigenvalue weighted by Gasteiger charge is -2.38. The summed E-state index contributed by atoms with van der Waals surface area (Å²) in [5, 5.41) is 5.52. The maximum absolute atomic E-state index is 5.50. The number of pyridine rings is 1. The van der Waals surface area contributed by atoms with E-state index in [0.29, 0.717) is 5.92 Å². The van der Waals surface area contributed by atoms with Crippen LogP contribution in [0.25, 0.3) is 22.2 Å². The molecule has 1 aliphatic carbocycles. The minimum Gasteiger partial charge on any atom is -0.379 e. The van der Waals surface area contributed by atoms with E-state index in [1.54, 1.807) is 0 Å². The van der Waals surface area contributed by atoms with E-state index in [2.05, 4.69) is 33.4 Å². The molecule has 1 N–H and O–H groups in total.